The van der Waals surface area contributed by atoms with Crippen LogP contribution in [0.25, 0.3) is 0 Å². The Bertz CT molecular complexity index is 478. The number of nitrogens with zero attached hydrogens (tertiary/aromatic N) is 1. The van der Waals surface area contributed by atoms with E-state index in [-0.39, 0.29) is 0 Å². The number of benzene rings is 1. The molecule has 0 saturated heterocycles. The van der Waals surface area contributed by atoms with Crippen molar-refractivity contribution in [3.05, 3.63) is 35.9 Å². The highest BCUT2D eigenvalue weighted by atomic mass is 16.5. The molecule has 0 N–H and O–H groups in total. The molecule has 0 spiro atoms. The monoisotopic (exact) mass is 287 g/mol. The Morgan fingerprint density at radius 3 is 2.43 bits per heavy atom. The standard InChI is InChI=1S/C18H25NO2/c1-4-7-13-18(5-2,15-11-9-8-10-12-15)16(14-19)17(20)21-6-3/h8-12,16H,4-7,13H2,1-3H3. The summed E-state index contributed by atoms with van der Waals surface area (Å²) in [4.78, 5) is 12.3. The van der Waals surface area contributed by atoms with Crippen molar-refractivity contribution in [2.75, 3.05) is 6.61 Å². The maximum atomic E-state index is 12.3. The molecule has 1 aromatic rings. The number of carbonyl (C=O) groups is 1. The maximum Gasteiger partial charge on any atom is 0.324 e. The van der Waals surface area contributed by atoms with Crippen molar-refractivity contribution >= 4 is 5.97 Å². The van der Waals surface area contributed by atoms with E-state index in [0.717, 1.165) is 31.2 Å². The highest BCUT2D eigenvalue weighted by molar-refractivity contribution is 5.77. The minimum Gasteiger partial charge on any atom is -0.465 e. The minimum atomic E-state index is -0.753. The molecule has 0 amide bonds. The van der Waals surface area contributed by atoms with Gasteiger partial charge in [0.1, 0.15) is 0 Å². The van der Waals surface area contributed by atoms with Crippen molar-refractivity contribution < 1.29 is 9.53 Å². The molecular weight excluding hydrogens is 262 g/mol. The van der Waals surface area contributed by atoms with Crippen LogP contribution in [-0.2, 0) is 14.9 Å². The molecule has 0 saturated carbocycles. The third kappa shape index (κ3) is 3.85. The summed E-state index contributed by atoms with van der Waals surface area (Å²) in [5.74, 6) is -1.15. The van der Waals surface area contributed by atoms with Crippen LogP contribution in [0.5, 0.6) is 0 Å². The smallest absolute Gasteiger partial charge is 0.324 e. The molecule has 0 aliphatic carbocycles. The van der Waals surface area contributed by atoms with Crippen molar-refractivity contribution in [2.24, 2.45) is 5.92 Å². The third-order valence-electron chi connectivity index (χ3n) is 4.16. The fourth-order valence-corrected chi connectivity index (χ4v) is 2.93. The van der Waals surface area contributed by atoms with E-state index in [0.29, 0.717) is 6.61 Å². The zero-order valence-electron chi connectivity index (χ0n) is 13.3. The molecule has 2 unspecified atom stereocenters. The molecule has 0 heterocycles. The average Bonchev–Trinajstić information content (AvgIpc) is 2.52. The normalized spacial score (nSPS) is 14.8. The van der Waals surface area contributed by atoms with Crippen LogP contribution in [0.3, 0.4) is 0 Å². The second kappa shape index (κ2) is 8.46. The van der Waals surface area contributed by atoms with Crippen LogP contribution in [0.1, 0.15) is 52.0 Å². The predicted molar refractivity (Wildman–Crippen MR) is 83.7 cm³/mol. The van der Waals surface area contributed by atoms with Crippen LogP contribution in [0.2, 0.25) is 0 Å². The van der Waals surface area contributed by atoms with Crippen LogP contribution >= 0.6 is 0 Å². The number of unbranched alkanes of at least 4 members (excludes halogenated alkanes) is 1. The molecule has 0 aliphatic heterocycles. The first-order chi connectivity index (χ1) is 10.2. The second-order valence-corrected chi connectivity index (χ2v) is 5.29. The molecule has 0 aromatic heterocycles. The van der Waals surface area contributed by atoms with Crippen molar-refractivity contribution in [3.8, 4) is 6.07 Å². The summed E-state index contributed by atoms with van der Waals surface area (Å²) in [6.45, 7) is 6.25. The van der Waals surface area contributed by atoms with Crippen molar-refractivity contribution in [3.63, 3.8) is 0 Å². The molecule has 114 valence electrons. The first-order valence-corrected chi connectivity index (χ1v) is 7.78. The molecule has 0 bridgehead atoms. The van der Waals surface area contributed by atoms with Gasteiger partial charge in [0.25, 0.3) is 0 Å². The Morgan fingerprint density at radius 2 is 1.95 bits per heavy atom. The molecule has 21 heavy (non-hydrogen) atoms. The zero-order valence-corrected chi connectivity index (χ0v) is 13.3. The van der Waals surface area contributed by atoms with Crippen molar-refractivity contribution in [1.29, 1.82) is 5.26 Å². The van der Waals surface area contributed by atoms with Crippen molar-refractivity contribution in [1.82, 2.24) is 0 Å². The van der Waals surface area contributed by atoms with Gasteiger partial charge < -0.3 is 4.74 Å². The molecule has 0 radical (unpaired) electrons. The second-order valence-electron chi connectivity index (χ2n) is 5.29. The third-order valence-corrected chi connectivity index (χ3v) is 4.16. The number of carbonyl (C=O) groups excluding carboxylic acids is 1. The van der Waals surface area contributed by atoms with E-state index in [1.165, 1.54) is 0 Å². The highest BCUT2D eigenvalue weighted by Crippen LogP contribution is 2.41. The Morgan fingerprint density at radius 1 is 1.29 bits per heavy atom. The molecule has 3 heteroatoms. The van der Waals surface area contributed by atoms with E-state index in [4.69, 9.17) is 4.74 Å². The summed E-state index contributed by atoms with van der Waals surface area (Å²) in [5, 5.41) is 9.60. The summed E-state index contributed by atoms with van der Waals surface area (Å²) >= 11 is 0. The molecule has 1 rings (SSSR count). The summed E-state index contributed by atoms with van der Waals surface area (Å²) in [7, 11) is 0. The number of nitriles is 1. The highest BCUT2D eigenvalue weighted by Gasteiger charge is 2.43. The minimum absolute atomic E-state index is 0.305. The SMILES string of the molecule is CCCCC(CC)(c1ccccc1)C(C#N)C(=O)OCC. The van der Waals surface area contributed by atoms with E-state index < -0.39 is 17.3 Å². The van der Waals surface area contributed by atoms with Gasteiger partial charge in [-0.1, -0.05) is 57.0 Å². The van der Waals surface area contributed by atoms with Gasteiger partial charge in [0.2, 0.25) is 0 Å². The molecule has 2 atom stereocenters. The topological polar surface area (TPSA) is 50.1 Å². The van der Waals surface area contributed by atoms with Crippen LogP contribution in [0.4, 0.5) is 0 Å². The average molecular weight is 287 g/mol. The number of rotatable bonds is 8. The summed E-state index contributed by atoms with van der Waals surface area (Å²) in [6.07, 6.45) is 3.59. The Hall–Kier alpha value is -1.82. The Labute approximate surface area is 127 Å². The van der Waals surface area contributed by atoms with E-state index in [2.05, 4.69) is 13.0 Å². The van der Waals surface area contributed by atoms with E-state index in [1.807, 2.05) is 37.3 Å². The van der Waals surface area contributed by atoms with Gasteiger partial charge in [-0.05, 0) is 25.3 Å². The van der Waals surface area contributed by atoms with Gasteiger partial charge in [0.15, 0.2) is 5.92 Å². The van der Waals surface area contributed by atoms with Crippen LogP contribution in [0.15, 0.2) is 30.3 Å². The lowest BCUT2D eigenvalue weighted by molar-refractivity contribution is -0.148. The molecule has 3 nitrogen and oxygen atoms in total. The zero-order chi connectivity index (χ0) is 15.7. The van der Waals surface area contributed by atoms with Gasteiger partial charge in [-0.25, -0.2) is 0 Å². The molecule has 0 aliphatic rings. The van der Waals surface area contributed by atoms with Gasteiger partial charge in [0.05, 0.1) is 12.7 Å². The maximum absolute atomic E-state index is 12.3. The van der Waals surface area contributed by atoms with Gasteiger partial charge >= 0.3 is 5.97 Å². The number of hydrogen-bond donors (Lipinski definition) is 0. The fourth-order valence-electron chi connectivity index (χ4n) is 2.93. The predicted octanol–water partition coefficient (Wildman–Crippen LogP) is 4.23. The van der Waals surface area contributed by atoms with E-state index >= 15 is 0 Å². The summed E-state index contributed by atoms with van der Waals surface area (Å²) in [5.41, 5.74) is 0.596. The van der Waals surface area contributed by atoms with Crippen molar-refractivity contribution in [2.45, 2.75) is 51.9 Å². The summed E-state index contributed by atoms with van der Waals surface area (Å²) in [6, 6.07) is 12.1. The van der Waals surface area contributed by atoms with Crippen LogP contribution < -0.4 is 0 Å². The van der Waals surface area contributed by atoms with E-state index in [1.54, 1.807) is 6.92 Å². The Kier molecular flexibility index (Phi) is 6.94. The summed E-state index contributed by atoms with van der Waals surface area (Å²) < 4.78 is 5.14. The Balaban J connectivity index is 3.28. The van der Waals surface area contributed by atoms with E-state index in [9.17, 15) is 10.1 Å². The quantitative estimate of drug-likeness (QED) is 0.672. The van der Waals surface area contributed by atoms with Gasteiger partial charge in [0, 0.05) is 5.41 Å². The van der Waals surface area contributed by atoms with Crippen LogP contribution in [0, 0.1) is 17.2 Å². The fraction of sp³-hybridized carbons (Fsp3) is 0.556. The number of ether oxygens (including phenoxy) is 1. The largest absolute Gasteiger partial charge is 0.465 e. The number of esters is 1. The van der Waals surface area contributed by atoms with Gasteiger partial charge in [-0.3, -0.25) is 4.79 Å². The lowest BCUT2D eigenvalue weighted by atomic mass is 9.66. The molecule has 0 fully saturated rings. The molecular formula is C18H25NO2. The van der Waals surface area contributed by atoms with Gasteiger partial charge in [-0.2, -0.15) is 5.26 Å². The lowest BCUT2D eigenvalue weighted by Crippen LogP contribution is -2.40. The van der Waals surface area contributed by atoms with Crippen LogP contribution in [-0.4, -0.2) is 12.6 Å². The first kappa shape index (κ1) is 17.2. The van der Waals surface area contributed by atoms with Gasteiger partial charge in [-0.15, -0.1) is 0 Å². The number of hydrogen-bond acceptors (Lipinski definition) is 3. The first-order valence-electron chi connectivity index (χ1n) is 7.78. The molecule has 1 aromatic carbocycles. The lowest BCUT2D eigenvalue weighted by Gasteiger charge is -2.36.